The fourth-order valence-corrected chi connectivity index (χ4v) is 6.29. The number of furan rings is 1. The number of methoxy groups -OCH3 is 1. The topological polar surface area (TPSA) is 102 Å². The van der Waals surface area contributed by atoms with E-state index in [0.717, 1.165) is 16.9 Å². The average molecular weight is 607 g/mol. The molecule has 6 aromatic rings. The predicted octanol–water partition coefficient (Wildman–Crippen LogP) is 7.55. The van der Waals surface area contributed by atoms with Crippen LogP contribution < -0.4 is 14.4 Å². The summed E-state index contributed by atoms with van der Waals surface area (Å²) in [5.41, 5.74) is 2.20. The number of hydrogen-bond donors (Lipinski definition) is 1. The molecule has 0 saturated carbocycles. The van der Waals surface area contributed by atoms with Crippen molar-refractivity contribution in [1.82, 2.24) is 4.98 Å². The third-order valence-electron chi connectivity index (χ3n) is 7.39. The number of rotatable bonds is 8. The number of aliphatic hydroxyl groups excluding tert-OH is 1. The molecule has 3 heterocycles. The Balaban J connectivity index is 1.33. The first-order valence-electron chi connectivity index (χ1n) is 13.6. The number of ether oxygens (including phenoxy) is 2. The molecule has 1 unspecified atom stereocenters. The monoisotopic (exact) mass is 606 g/mol. The number of hydrogen-bond acceptors (Lipinski definition) is 8. The number of anilines is 1. The number of fused-ring (bicyclic) bond motifs is 2. The molecule has 7 rings (SSSR count). The quantitative estimate of drug-likeness (QED) is 0.179. The first-order chi connectivity index (χ1) is 21.4. The highest BCUT2D eigenvalue weighted by Gasteiger charge is 2.47. The summed E-state index contributed by atoms with van der Waals surface area (Å²) in [6, 6.07) is 26.4. The number of nitrogens with zero attached hydrogens (tertiary/aromatic N) is 2. The minimum Gasteiger partial charge on any atom is -0.503 e. The molecule has 2 aromatic heterocycles. The normalized spacial score (nSPS) is 15.0. The third-order valence-corrected chi connectivity index (χ3v) is 8.41. The Morgan fingerprint density at radius 1 is 1.00 bits per heavy atom. The minimum absolute atomic E-state index is 0.0337. The molecule has 0 bridgehead atoms. The van der Waals surface area contributed by atoms with Crippen molar-refractivity contribution in [3.63, 3.8) is 0 Å². The van der Waals surface area contributed by atoms with Crippen LogP contribution in [-0.4, -0.2) is 28.9 Å². The van der Waals surface area contributed by atoms with E-state index in [2.05, 4.69) is 4.98 Å². The van der Waals surface area contributed by atoms with Gasteiger partial charge in [-0.05, 0) is 53.6 Å². The van der Waals surface area contributed by atoms with Gasteiger partial charge in [0.15, 0.2) is 28.1 Å². The van der Waals surface area contributed by atoms with Crippen LogP contribution in [0.1, 0.15) is 27.7 Å². The Labute approximate surface area is 254 Å². The molecular formula is C34H23FN2O6S. The maximum absolute atomic E-state index is 14.0. The smallest absolute Gasteiger partial charge is 0.296 e. The van der Waals surface area contributed by atoms with Gasteiger partial charge in [0, 0.05) is 5.39 Å². The number of Topliss-reactive ketones (excluding diaryl/α,β-unsaturated/α-hetero) is 1. The van der Waals surface area contributed by atoms with Crippen LogP contribution in [0.5, 0.6) is 11.5 Å². The predicted molar refractivity (Wildman–Crippen MR) is 164 cm³/mol. The van der Waals surface area contributed by atoms with Crippen LogP contribution in [0.2, 0.25) is 0 Å². The highest BCUT2D eigenvalue weighted by molar-refractivity contribution is 7.22. The highest BCUT2D eigenvalue weighted by Crippen LogP contribution is 2.46. The standard InChI is InChI=1S/C34H23FN2O6S/c1-41-26-16-21(11-14-25(26)42-18-19-7-3-2-4-8-19)30-29(31(38)27-15-20-9-5-6-10-24(20)43-27)32(39)33(40)37(30)34-36-23-13-12-22(35)17-28(23)44-34/h2-17,30,39H,18H2,1H3. The number of amides is 1. The number of aliphatic hydroxyl groups is 1. The van der Waals surface area contributed by atoms with Crippen molar-refractivity contribution in [3.8, 4) is 11.5 Å². The maximum Gasteiger partial charge on any atom is 0.296 e. The molecule has 0 spiro atoms. The number of aromatic nitrogens is 1. The second-order valence-corrected chi connectivity index (χ2v) is 11.1. The summed E-state index contributed by atoms with van der Waals surface area (Å²) in [7, 11) is 1.49. The van der Waals surface area contributed by atoms with E-state index in [1.54, 1.807) is 42.5 Å². The number of benzene rings is 4. The van der Waals surface area contributed by atoms with E-state index in [-0.39, 0.29) is 16.5 Å². The fourth-order valence-electron chi connectivity index (χ4n) is 5.27. The summed E-state index contributed by atoms with van der Waals surface area (Å²) in [6.45, 7) is 0.295. The summed E-state index contributed by atoms with van der Waals surface area (Å²) in [6.07, 6.45) is 0. The van der Waals surface area contributed by atoms with Crippen LogP contribution in [-0.2, 0) is 11.4 Å². The van der Waals surface area contributed by atoms with Crippen LogP contribution in [0, 0.1) is 5.82 Å². The van der Waals surface area contributed by atoms with E-state index in [1.165, 1.54) is 30.2 Å². The second kappa shape index (κ2) is 11.0. The number of halogens is 1. The molecule has 44 heavy (non-hydrogen) atoms. The molecule has 4 aromatic carbocycles. The number of thiazole rings is 1. The lowest BCUT2D eigenvalue weighted by Gasteiger charge is -2.25. The maximum atomic E-state index is 14.0. The molecule has 1 N–H and O–H groups in total. The van der Waals surface area contributed by atoms with Gasteiger partial charge in [-0.2, -0.15) is 0 Å². The minimum atomic E-state index is -1.11. The number of carbonyl (C=O) groups is 2. The van der Waals surface area contributed by atoms with Crippen LogP contribution in [0.15, 0.2) is 113 Å². The summed E-state index contributed by atoms with van der Waals surface area (Å²) >= 11 is 1.07. The van der Waals surface area contributed by atoms with Gasteiger partial charge in [0.2, 0.25) is 5.78 Å². The molecule has 8 nitrogen and oxygen atoms in total. The van der Waals surface area contributed by atoms with Crippen molar-refractivity contribution in [2.45, 2.75) is 12.6 Å². The van der Waals surface area contributed by atoms with Crippen molar-refractivity contribution in [2.24, 2.45) is 0 Å². The van der Waals surface area contributed by atoms with E-state index in [0.29, 0.717) is 44.9 Å². The van der Waals surface area contributed by atoms with E-state index in [4.69, 9.17) is 13.9 Å². The Kier molecular flexibility index (Phi) is 6.83. The molecule has 0 saturated heterocycles. The van der Waals surface area contributed by atoms with Gasteiger partial charge in [0.05, 0.1) is 28.9 Å². The molecule has 0 fully saturated rings. The van der Waals surface area contributed by atoms with Gasteiger partial charge < -0.3 is 19.0 Å². The zero-order valence-electron chi connectivity index (χ0n) is 23.2. The third kappa shape index (κ3) is 4.75. The molecule has 1 aliphatic rings. The van der Waals surface area contributed by atoms with Gasteiger partial charge >= 0.3 is 0 Å². The first-order valence-corrected chi connectivity index (χ1v) is 14.4. The average Bonchev–Trinajstić information content (AvgIpc) is 3.74. The summed E-state index contributed by atoms with van der Waals surface area (Å²) < 4.78 is 32.0. The Bertz CT molecular complexity index is 2070. The van der Waals surface area contributed by atoms with Crippen molar-refractivity contribution >= 4 is 49.3 Å². The Morgan fingerprint density at radius 2 is 1.80 bits per heavy atom. The molecule has 0 radical (unpaired) electrons. The van der Waals surface area contributed by atoms with Gasteiger partial charge in [-0.25, -0.2) is 9.37 Å². The number of ketones is 1. The van der Waals surface area contributed by atoms with Crippen molar-refractivity contribution in [2.75, 3.05) is 12.0 Å². The van der Waals surface area contributed by atoms with Gasteiger partial charge in [-0.15, -0.1) is 0 Å². The summed E-state index contributed by atoms with van der Waals surface area (Å²) in [5.74, 6) is -1.88. The van der Waals surface area contributed by atoms with Gasteiger partial charge in [0.25, 0.3) is 5.91 Å². The molecule has 218 valence electrons. The van der Waals surface area contributed by atoms with Crippen molar-refractivity contribution < 1.29 is 33.0 Å². The molecule has 1 amide bonds. The van der Waals surface area contributed by atoms with Crippen molar-refractivity contribution in [3.05, 3.63) is 131 Å². The lowest BCUT2D eigenvalue weighted by atomic mass is 9.95. The largest absolute Gasteiger partial charge is 0.503 e. The molecular weight excluding hydrogens is 583 g/mol. The fraction of sp³-hybridized carbons (Fsp3) is 0.0882. The van der Waals surface area contributed by atoms with Crippen LogP contribution in [0.4, 0.5) is 9.52 Å². The Morgan fingerprint density at radius 3 is 2.59 bits per heavy atom. The van der Waals surface area contributed by atoms with Crippen LogP contribution >= 0.6 is 11.3 Å². The van der Waals surface area contributed by atoms with Gasteiger partial charge in [0.1, 0.15) is 18.0 Å². The van der Waals surface area contributed by atoms with Crippen molar-refractivity contribution in [1.29, 1.82) is 0 Å². The van der Waals surface area contributed by atoms with E-state index < -0.39 is 29.3 Å². The number of para-hydroxylation sites is 1. The van der Waals surface area contributed by atoms with E-state index >= 15 is 0 Å². The lowest BCUT2D eigenvalue weighted by Crippen LogP contribution is -2.31. The van der Waals surface area contributed by atoms with E-state index in [9.17, 15) is 19.1 Å². The molecule has 1 atom stereocenters. The molecule has 1 aliphatic heterocycles. The number of carbonyl (C=O) groups excluding carboxylic acids is 2. The first kappa shape index (κ1) is 27.4. The molecule has 0 aliphatic carbocycles. The Hall–Kier alpha value is -5.48. The van der Waals surface area contributed by atoms with Crippen LogP contribution in [0.25, 0.3) is 21.2 Å². The highest BCUT2D eigenvalue weighted by atomic mass is 32.1. The SMILES string of the molecule is COc1cc(C2C(C(=O)c3cc4ccccc4o3)=C(O)C(=O)N2c2nc3ccc(F)cc3s2)ccc1OCc1ccccc1. The summed E-state index contributed by atoms with van der Waals surface area (Å²) in [4.78, 5) is 33.5. The lowest BCUT2D eigenvalue weighted by molar-refractivity contribution is -0.117. The van der Waals surface area contributed by atoms with E-state index in [1.807, 2.05) is 36.4 Å². The van der Waals surface area contributed by atoms with Crippen LogP contribution in [0.3, 0.4) is 0 Å². The van der Waals surface area contributed by atoms with Gasteiger partial charge in [-0.1, -0.05) is 65.9 Å². The molecule has 10 heteroatoms. The zero-order valence-corrected chi connectivity index (χ0v) is 24.0. The zero-order chi connectivity index (χ0) is 30.4. The van der Waals surface area contributed by atoms with Gasteiger partial charge in [-0.3, -0.25) is 14.5 Å². The summed E-state index contributed by atoms with van der Waals surface area (Å²) in [5, 5.41) is 12.1. The second-order valence-electron chi connectivity index (χ2n) is 10.1.